The number of hydrogen-bond acceptors (Lipinski definition) is 5. The maximum Gasteiger partial charge on any atom is 0.266 e. The van der Waals surface area contributed by atoms with E-state index in [1.165, 1.54) is 0 Å². The Kier molecular flexibility index (Phi) is 7.29. The number of hydrogen-bond donors (Lipinski definition) is 2. The molecule has 2 aromatic carbocycles. The van der Waals surface area contributed by atoms with Gasteiger partial charge < -0.3 is 15.5 Å². The molecule has 0 fully saturated rings. The number of nitrogens with two attached hydrogens (primary N) is 1. The maximum absolute atomic E-state index is 14.2. The van der Waals surface area contributed by atoms with Gasteiger partial charge in [0.2, 0.25) is 17.6 Å². The Balaban J connectivity index is 1.64. The molecule has 0 unspecified atom stereocenters. The Morgan fingerprint density at radius 1 is 1.09 bits per heavy atom. The molecule has 0 saturated carbocycles. The molecular weight excluding hydrogens is 420 g/mol. The fourth-order valence-electron chi connectivity index (χ4n) is 3.12. The molecule has 1 radical (unpaired) electrons. The predicted octanol–water partition coefficient (Wildman–Crippen LogP) is 3.23. The number of benzene rings is 2. The zero-order valence-corrected chi connectivity index (χ0v) is 17.1. The zero-order valence-electron chi connectivity index (χ0n) is 17.1. The van der Waals surface area contributed by atoms with Crippen LogP contribution in [0.5, 0.6) is 0 Å². The quantitative estimate of drug-likeness (QED) is 0.443. The zero-order chi connectivity index (χ0) is 23.1. The van der Waals surface area contributed by atoms with Crippen LogP contribution in [0.15, 0.2) is 59.0 Å². The van der Waals surface area contributed by atoms with Crippen LogP contribution in [-0.4, -0.2) is 34.5 Å². The number of para-hydroxylation sites is 2. The topological polar surface area (TPSA) is 115 Å². The van der Waals surface area contributed by atoms with E-state index in [1.54, 1.807) is 54.6 Å². The summed E-state index contributed by atoms with van der Waals surface area (Å²) in [6, 6.07) is 13.7. The molecule has 9 heteroatoms. The molecule has 0 aliphatic rings. The van der Waals surface area contributed by atoms with Crippen LogP contribution in [0.3, 0.4) is 0 Å². The molecule has 3 aromatic rings. The second kappa shape index (κ2) is 10.1. The first-order chi connectivity index (χ1) is 15.2. The highest BCUT2D eigenvalue weighted by Crippen LogP contribution is 2.25. The number of ketones is 1. The van der Waals surface area contributed by atoms with E-state index in [-0.39, 0.29) is 18.7 Å². The minimum Gasteiger partial charge on any atom is -0.434 e. The number of alkyl halides is 2. The minimum atomic E-state index is -3.15. The van der Waals surface area contributed by atoms with Crippen LogP contribution in [-0.2, 0) is 16.0 Å². The number of rotatable bonds is 11. The van der Waals surface area contributed by atoms with Gasteiger partial charge in [0, 0.05) is 19.3 Å². The number of nitrogens with one attached hydrogen (secondary N) is 1. The summed E-state index contributed by atoms with van der Waals surface area (Å²) >= 11 is 0. The van der Waals surface area contributed by atoms with Crippen molar-refractivity contribution in [2.75, 3.05) is 0 Å². The Bertz CT molecular complexity index is 1070. The van der Waals surface area contributed by atoms with Gasteiger partial charge in [-0.1, -0.05) is 42.5 Å². The molecule has 0 bridgehead atoms. The van der Waals surface area contributed by atoms with Crippen molar-refractivity contribution in [1.82, 2.24) is 10.3 Å². The van der Waals surface area contributed by atoms with Crippen LogP contribution in [0, 0.1) is 6.42 Å². The van der Waals surface area contributed by atoms with E-state index in [0.29, 0.717) is 16.7 Å². The van der Waals surface area contributed by atoms with Crippen LogP contribution in [0.1, 0.15) is 35.5 Å². The lowest BCUT2D eigenvalue weighted by Gasteiger charge is -2.18. The first-order valence-electron chi connectivity index (χ1n) is 9.97. The molecule has 3 rings (SSSR count). The summed E-state index contributed by atoms with van der Waals surface area (Å²) in [7, 11) is 0. The van der Waals surface area contributed by atoms with Crippen molar-refractivity contribution in [3.63, 3.8) is 0 Å². The lowest BCUT2D eigenvalue weighted by molar-refractivity contribution is -0.120. The van der Waals surface area contributed by atoms with Gasteiger partial charge in [-0.2, -0.15) is 0 Å². The van der Waals surface area contributed by atoms with Gasteiger partial charge in [0.15, 0.2) is 5.58 Å². The molecule has 3 N–H and O–H groups in total. The van der Waals surface area contributed by atoms with Crippen LogP contribution in [0.25, 0.3) is 11.1 Å². The van der Waals surface area contributed by atoms with Gasteiger partial charge in [-0.25, -0.2) is 13.8 Å². The summed E-state index contributed by atoms with van der Waals surface area (Å²) in [4.78, 5) is 40.4. The molecule has 0 spiro atoms. The molecule has 32 heavy (non-hydrogen) atoms. The van der Waals surface area contributed by atoms with Gasteiger partial charge in [-0.3, -0.25) is 14.4 Å². The Hall–Kier alpha value is -3.62. The fraction of sp³-hybridized carbons (Fsp3) is 0.261. The molecule has 0 saturated heterocycles. The van der Waals surface area contributed by atoms with E-state index < -0.39 is 42.4 Å². The Morgan fingerprint density at radius 2 is 1.78 bits per heavy atom. The number of nitrogens with zero attached hydrogens (tertiary/aromatic N) is 1. The number of halogens is 2. The first-order valence-corrected chi connectivity index (χ1v) is 9.97. The number of carbonyl (C=O) groups is 3. The highest BCUT2D eigenvalue weighted by Gasteiger charge is 2.32. The number of oxazole rings is 1. The van der Waals surface area contributed by atoms with E-state index >= 15 is 0 Å². The van der Waals surface area contributed by atoms with Gasteiger partial charge in [0.05, 0.1) is 12.5 Å². The Morgan fingerprint density at radius 3 is 2.47 bits per heavy atom. The number of carbonyl (C=O) groups excluding carboxylic acids is 3. The van der Waals surface area contributed by atoms with Gasteiger partial charge in [0.25, 0.3) is 11.8 Å². The smallest absolute Gasteiger partial charge is 0.266 e. The third-order valence-electron chi connectivity index (χ3n) is 4.71. The van der Waals surface area contributed by atoms with Crippen molar-refractivity contribution in [2.45, 2.75) is 37.6 Å². The number of primary amides is 1. The lowest BCUT2D eigenvalue weighted by Crippen LogP contribution is -2.42. The molecule has 167 valence electrons. The van der Waals surface area contributed by atoms with Crippen molar-refractivity contribution in [2.24, 2.45) is 5.73 Å². The van der Waals surface area contributed by atoms with Crippen LogP contribution in [0.2, 0.25) is 0 Å². The highest BCUT2D eigenvalue weighted by molar-refractivity contribution is 6.01. The van der Waals surface area contributed by atoms with Crippen LogP contribution >= 0.6 is 0 Å². The minimum absolute atomic E-state index is 0.118. The normalized spacial score (nSPS) is 12.4. The van der Waals surface area contributed by atoms with Crippen molar-refractivity contribution in [3.8, 4) is 0 Å². The number of fused-ring (bicyclic) bond motifs is 1. The SMILES string of the molecule is NC(=O)CC[C@H](NC(=O)[CH]CC(F)(F)Cc1ccccc1)C(=O)c1nc2ccccc2o1. The van der Waals surface area contributed by atoms with E-state index in [4.69, 9.17) is 10.2 Å². The Labute approximate surface area is 183 Å². The van der Waals surface area contributed by atoms with Crippen LogP contribution in [0.4, 0.5) is 8.78 Å². The van der Waals surface area contributed by atoms with Crippen molar-refractivity contribution in [3.05, 3.63) is 72.5 Å². The molecule has 7 nitrogen and oxygen atoms in total. The predicted molar refractivity (Wildman–Crippen MR) is 113 cm³/mol. The summed E-state index contributed by atoms with van der Waals surface area (Å²) in [6.45, 7) is 0. The summed E-state index contributed by atoms with van der Waals surface area (Å²) in [6.07, 6.45) is -0.856. The largest absolute Gasteiger partial charge is 0.434 e. The van der Waals surface area contributed by atoms with E-state index in [1.807, 2.05) is 0 Å². The number of aromatic nitrogens is 1. The number of Topliss-reactive ketones (excluding diaryl/α,β-unsaturated/α-hetero) is 1. The second-order valence-corrected chi connectivity index (χ2v) is 7.34. The van der Waals surface area contributed by atoms with Gasteiger partial charge >= 0.3 is 0 Å². The van der Waals surface area contributed by atoms with Gasteiger partial charge in [-0.05, 0) is 24.1 Å². The first kappa shape index (κ1) is 23.1. The maximum atomic E-state index is 14.2. The van der Waals surface area contributed by atoms with Crippen LogP contribution < -0.4 is 11.1 Å². The summed E-state index contributed by atoms with van der Waals surface area (Å²) in [5.41, 5.74) is 6.42. The summed E-state index contributed by atoms with van der Waals surface area (Å²) in [5, 5.41) is 2.37. The molecule has 1 aromatic heterocycles. The molecular formula is C23H22F2N3O4. The highest BCUT2D eigenvalue weighted by atomic mass is 19.3. The second-order valence-electron chi connectivity index (χ2n) is 7.34. The summed E-state index contributed by atoms with van der Waals surface area (Å²) in [5.74, 6) is -5.62. The fourth-order valence-corrected chi connectivity index (χ4v) is 3.12. The standard InChI is InChI=1S/C23H22F2N3O4/c24-23(25,14-15-6-2-1-3-7-15)13-12-20(30)27-17(10-11-19(26)29)21(31)22-28-16-8-4-5-9-18(16)32-22/h1-9,12,17H,10-11,13-14H2,(H2,26,29)(H,27,30)/t17-/m0/s1. The van der Waals surface area contributed by atoms with Crippen molar-refractivity contribution < 1.29 is 27.6 Å². The lowest BCUT2D eigenvalue weighted by atomic mass is 10.0. The average molecular weight is 442 g/mol. The van der Waals surface area contributed by atoms with E-state index in [2.05, 4.69) is 10.3 Å². The van der Waals surface area contributed by atoms with Crippen molar-refractivity contribution >= 4 is 28.7 Å². The molecule has 0 aliphatic carbocycles. The van der Waals surface area contributed by atoms with E-state index in [0.717, 1.165) is 6.42 Å². The monoisotopic (exact) mass is 442 g/mol. The van der Waals surface area contributed by atoms with Crippen molar-refractivity contribution in [1.29, 1.82) is 0 Å². The van der Waals surface area contributed by atoms with E-state index in [9.17, 15) is 23.2 Å². The van der Waals surface area contributed by atoms with Gasteiger partial charge in [-0.15, -0.1) is 0 Å². The third kappa shape index (κ3) is 6.44. The summed E-state index contributed by atoms with van der Waals surface area (Å²) < 4.78 is 33.9. The molecule has 1 atom stereocenters. The van der Waals surface area contributed by atoms with Gasteiger partial charge in [0.1, 0.15) is 5.52 Å². The third-order valence-corrected chi connectivity index (χ3v) is 4.71. The average Bonchev–Trinajstić information content (AvgIpc) is 3.19. The molecule has 1 heterocycles. The number of amides is 2. The molecule has 0 aliphatic heterocycles. The molecule has 2 amide bonds.